The lowest BCUT2D eigenvalue weighted by molar-refractivity contribution is -0.126. The number of hydrogen-bond donors (Lipinski definition) is 2. The normalized spacial score (nSPS) is 15.6. The molecule has 0 atom stereocenters. The number of sulfonamides is 1. The molecular weight excluding hydrogens is 409 g/mol. The molecule has 0 aliphatic carbocycles. The van der Waals surface area contributed by atoms with Gasteiger partial charge in [-0.2, -0.15) is 4.31 Å². The van der Waals surface area contributed by atoms with Crippen LogP contribution in [0.15, 0.2) is 47.4 Å². The highest BCUT2D eigenvalue weighted by Crippen LogP contribution is 2.25. The van der Waals surface area contributed by atoms with E-state index in [1.54, 1.807) is 18.2 Å². The first kappa shape index (κ1) is 21.9. The third-order valence-corrected chi connectivity index (χ3v) is 7.25. The highest BCUT2D eigenvalue weighted by atomic mass is 32.2. The number of carbonyl (C=O) groups is 2. The first-order valence-electron chi connectivity index (χ1n) is 9.62. The molecule has 0 unspecified atom stereocenters. The minimum atomic E-state index is -3.63. The van der Waals surface area contributed by atoms with Crippen molar-refractivity contribution in [3.8, 4) is 0 Å². The number of benzene rings is 2. The molecule has 0 radical (unpaired) electrons. The lowest BCUT2D eigenvalue weighted by Gasteiger charge is -2.30. The maximum atomic E-state index is 13.6. The van der Waals surface area contributed by atoms with Crippen molar-refractivity contribution in [2.24, 2.45) is 5.92 Å². The topological polar surface area (TPSA) is 95.6 Å². The fourth-order valence-electron chi connectivity index (χ4n) is 3.31. The molecule has 2 N–H and O–H groups in total. The van der Waals surface area contributed by atoms with E-state index in [-0.39, 0.29) is 23.5 Å². The zero-order valence-electron chi connectivity index (χ0n) is 16.8. The summed E-state index contributed by atoms with van der Waals surface area (Å²) in [5.74, 6) is -2.31. The van der Waals surface area contributed by atoms with Crippen LogP contribution in [0.1, 0.15) is 34.3 Å². The lowest BCUT2D eigenvalue weighted by Crippen LogP contribution is -2.48. The van der Waals surface area contributed by atoms with Gasteiger partial charge in [-0.1, -0.05) is 18.2 Å². The van der Waals surface area contributed by atoms with Crippen LogP contribution >= 0.6 is 0 Å². The Bertz CT molecular complexity index is 1060. The van der Waals surface area contributed by atoms with Gasteiger partial charge in [0.25, 0.3) is 5.91 Å². The van der Waals surface area contributed by atoms with Crippen LogP contribution < -0.4 is 10.9 Å². The molecule has 0 bridgehead atoms. The summed E-state index contributed by atoms with van der Waals surface area (Å²) in [7, 11) is -3.63. The van der Waals surface area contributed by atoms with Gasteiger partial charge in [-0.05, 0) is 62.1 Å². The van der Waals surface area contributed by atoms with Crippen molar-refractivity contribution in [3.05, 3.63) is 65.0 Å². The van der Waals surface area contributed by atoms with Crippen LogP contribution in [0.4, 0.5) is 4.39 Å². The average molecular weight is 434 g/mol. The number of hydrazine groups is 1. The van der Waals surface area contributed by atoms with Gasteiger partial charge in [-0.3, -0.25) is 20.4 Å². The van der Waals surface area contributed by atoms with Gasteiger partial charge in [-0.15, -0.1) is 0 Å². The molecule has 0 spiro atoms. The molecule has 160 valence electrons. The third-order valence-electron chi connectivity index (χ3n) is 5.36. The van der Waals surface area contributed by atoms with E-state index in [0.717, 1.165) is 17.2 Å². The van der Waals surface area contributed by atoms with E-state index >= 15 is 0 Å². The summed E-state index contributed by atoms with van der Waals surface area (Å²) in [6, 6.07) is 10.5. The van der Waals surface area contributed by atoms with Gasteiger partial charge in [-0.25, -0.2) is 12.8 Å². The third kappa shape index (κ3) is 4.68. The quantitative estimate of drug-likeness (QED) is 0.724. The van der Waals surface area contributed by atoms with Gasteiger partial charge in [0.05, 0.1) is 10.5 Å². The molecule has 2 amide bonds. The smallest absolute Gasteiger partial charge is 0.272 e. The summed E-state index contributed by atoms with van der Waals surface area (Å²) in [5, 5.41) is 0. The first-order chi connectivity index (χ1) is 14.2. The SMILES string of the molecule is Cc1ccc(S(=O)(=O)N2CCC(C(=O)NNC(=O)c3ccccc3F)CC2)cc1C. The predicted molar refractivity (Wildman–Crippen MR) is 109 cm³/mol. The Hall–Kier alpha value is -2.78. The number of aryl methyl sites for hydroxylation is 2. The van der Waals surface area contributed by atoms with Crippen LogP contribution in [0.3, 0.4) is 0 Å². The molecular formula is C21H24FN3O4S. The van der Waals surface area contributed by atoms with Gasteiger partial charge in [0, 0.05) is 19.0 Å². The summed E-state index contributed by atoms with van der Waals surface area (Å²) in [4.78, 5) is 24.6. The second kappa shape index (κ2) is 8.93. The number of carbonyl (C=O) groups excluding carboxylic acids is 2. The summed E-state index contributed by atoms with van der Waals surface area (Å²) in [6.45, 7) is 4.19. The molecule has 9 heteroatoms. The maximum absolute atomic E-state index is 13.6. The van der Waals surface area contributed by atoms with Crippen LogP contribution in [0, 0.1) is 25.6 Å². The second-order valence-electron chi connectivity index (χ2n) is 7.35. The van der Waals surface area contributed by atoms with E-state index in [9.17, 15) is 22.4 Å². The minimum Gasteiger partial charge on any atom is -0.273 e. The van der Waals surface area contributed by atoms with E-state index < -0.39 is 33.6 Å². The molecule has 30 heavy (non-hydrogen) atoms. The highest BCUT2D eigenvalue weighted by molar-refractivity contribution is 7.89. The van der Waals surface area contributed by atoms with E-state index in [2.05, 4.69) is 10.9 Å². The molecule has 1 heterocycles. The van der Waals surface area contributed by atoms with E-state index in [0.29, 0.717) is 12.8 Å². The molecule has 2 aromatic rings. The number of nitrogens with one attached hydrogen (secondary N) is 2. The number of nitrogens with zero attached hydrogens (tertiary/aromatic N) is 1. The average Bonchev–Trinajstić information content (AvgIpc) is 2.74. The summed E-state index contributed by atoms with van der Waals surface area (Å²) in [5.41, 5.74) is 6.25. The summed E-state index contributed by atoms with van der Waals surface area (Å²) < 4.78 is 40.7. The van der Waals surface area contributed by atoms with Gasteiger partial charge in [0.2, 0.25) is 15.9 Å². The largest absolute Gasteiger partial charge is 0.273 e. The second-order valence-corrected chi connectivity index (χ2v) is 9.29. The summed E-state index contributed by atoms with van der Waals surface area (Å²) >= 11 is 0. The Morgan fingerprint density at radius 3 is 2.30 bits per heavy atom. The van der Waals surface area contributed by atoms with Crippen molar-refractivity contribution in [3.63, 3.8) is 0 Å². The van der Waals surface area contributed by atoms with E-state index in [4.69, 9.17) is 0 Å². The number of rotatable bonds is 4. The fourth-order valence-corrected chi connectivity index (χ4v) is 4.87. The molecule has 1 saturated heterocycles. The van der Waals surface area contributed by atoms with Gasteiger partial charge < -0.3 is 0 Å². The van der Waals surface area contributed by atoms with Crippen molar-refractivity contribution in [2.75, 3.05) is 13.1 Å². The van der Waals surface area contributed by atoms with Crippen LogP contribution in [0.2, 0.25) is 0 Å². The number of halogens is 1. The standard InChI is InChI=1S/C21H24FN3O4S/c1-14-7-8-17(13-15(14)2)30(28,29)25-11-9-16(10-12-25)20(26)23-24-21(27)18-5-3-4-6-19(18)22/h3-8,13,16H,9-12H2,1-2H3,(H,23,26)(H,24,27). The van der Waals surface area contributed by atoms with Crippen molar-refractivity contribution in [1.82, 2.24) is 15.2 Å². The molecule has 7 nitrogen and oxygen atoms in total. The molecule has 3 rings (SSSR count). The van der Waals surface area contributed by atoms with Crippen molar-refractivity contribution >= 4 is 21.8 Å². The van der Waals surface area contributed by atoms with Crippen molar-refractivity contribution < 1.29 is 22.4 Å². The monoisotopic (exact) mass is 433 g/mol. The van der Waals surface area contributed by atoms with Crippen LogP contribution in [-0.2, 0) is 14.8 Å². The molecule has 1 aliphatic rings. The highest BCUT2D eigenvalue weighted by Gasteiger charge is 2.32. The van der Waals surface area contributed by atoms with Crippen LogP contribution in [-0.4, -0.2) is 37.6 Å². The Morgan fingerprint density at radius 1 is 1.00 bits per heavy atom. The fraction of sp³-hybridized carbons (Fsp3) is 0.333. The Morgan fingerprint density at radius 2 is 1.67 bits per heavy atom. The van der Waals surface area contributed by atoms with Crippen molar-refractivity contribution in [2.45, 2.75) is 31.6 Å². The van der Waals surface area contributed by atoms with Gasteiger partial charge in [0.1, 0.15) is 5.82 Å². The lowest BCUT2D eigenvalue weighted by atomic mass is 9.98. The zero-order chi connectivity index (χ0) is 21.9. The molecule has 1 fully saturated rings. The Labute approximate surface area is 175 Å². The molecule has 1 aliphatic heterocycles. The number of piperidine rings is 1. The van der Waals surface area contributed by atoms with E-state index in [1.165, 1.54) is 22.5 Å². The van der Waals surface area contributed by atoms with Crippen LogP contribution in [0.5, 0.6) is 0 Å². The number of hydrogen-bond acceptors (Lipinski definition) is 4. The zero-order valence-corrected chi connectivity index (χ0v) is 17.6. The maximum Gasteiger partial charge on any atom is 0.272 e. The molecule has 0 saturated carbocycles. The predicted octanol–water partition coefficient (Wildman–Crippen LogP) is 2.30. The van der Waals surface area contributed by atoms with E-state index in [1.807, 2.05) is 13.8 Å². The minimum absolute atomic E-state index is 0.174. The Balaban J connectivity index is 1.55. The molecule has 0 aromatic heterocycles. The first-order valence-corrected chi connectivity index (χ1v) is 11.1. The summed E-state index contributed by atoms with van der Waals surface area (Å²) in [6.07, 6.45) is 0.650. The number of amides is 2. The van der Waals surface area contributed by atoms with Gasteiger partial charge in [0.15, 0.2) is 0 Å². The molecule has 2 aromatic carbocycles. The Kier molecular flexibility index (Phi) is 6.52. The van der Waals surface area contributed by atoms with Crippen molar-refractivity contribution in [1.29, 1.82) is 0 Å². The van der Waals surface area contributed by atoms with Crippen LogP contribution in [0.25, 0.3) is 0 Å². The van der Waals surface area contributed by atoms with Gasteiger partial charge >= 0.3 is 0 Å².